The molecule has 1 atom stereocenters. The lowest BCUT2D eigenvalue weighted by Gasteiger charge is -2.35. The largest absolute Gasteiger partial charge is 0.392 e. The molecule has 0 aromatic heterocycles. The third kappa shape index (κ3) is 1.86. The molecule has 3 nitrogen and oxygen atoms in total. The summed E-state index contributed by atoms with van der Waals surface area (Å²) in [6, 6.07) is 8.68. The van der Waals surface area contributed by atoms with Crippen LogP contribution in [0.3, 0.4) is 0 Å². The molecule has 0 aliphatic carbocycles. The lowest BCUT2D eigenvalue weighted by Crippen LogP contribution is -2.44. The zero-order valence-corrected chi connectivity index (χ0v) is 9.47. The first-order chi connectivity index (χ1) is 7.83. The van der Waals surface area contributed by atoms with Gasteiger partial charge in [0.25, 0.3) is 0 Å². The van der Waals surface area contributed by atoms with Gasteiger partial charge in [-0.15, -0.1) is 0 Å². The van der Waals surface area contributed by atoms with Gasteiger partial charge < -0.3 is 5.11 Å². The SMILES string of the molecule is OC1CCN(N2CCc3ccccc3C2)C1. The summed E-state index contributed by atoms with van der Waals surface area (Å²) < 4.78 is 0. The molecular weight excluding hydrogens is 200 g/mol. The molecule has 0 radical (unpaired) electrons. The van der Waals surface area contributed by atoms with E-state index in [2.05, 4.69) is 34.3 Å². The Morgan fingerprint density at radius 2 is 1.88 bits per heavy atom. The average molecular weight is 218 g/mol. The molecule has 1 saturated heterocycles. The van der Waals surface area contributed by atoms with Crippen LogP contribution in [0.5, 0.6) is 0 Å². The number of fused-ring (bicyclic) bond motifs is 1. The van der Waals surface area contributed by atoms with Crippen molar-refractivity contribution in [2.24, 2.45) is 0 Å². The van der Waals surface area contributed by atoms with Crippen LogP contribution in [-0.4, -0.2) is 40.9 Å². The molecule has 3 rings (SSSR count). The summed E-state index contributed by atoms with van der Waals surface area (Å²) in [7, 11) is 0. The molecule has 2 aliphatic heterocycles. The highest BCUT2D eigenvalue weighted by atomic mass is 16.3. The molecule has 1 unspecified atom stereocenters. The van der Waals surface area contributed by atoms with E-state index in [0.29, 0.717) is 0 Å². The topological polar surface area (TPSA) is 26.7 Å². The van der Waals surface area contributed by atoms with Crippen LogP contribution in [0.15, 0.2) is 24.3 Å². The molecule has 0 saturated carbocycles. The van der Waals surface area contributed by atoms with Gasteiger partial charge in [-0.3, -0.25) is 0 Å². The molecule has 0 bridgehead atoms. The minimum absolute atomic E-state index is 0.128. The van der Waals surface area contributed by atoms with Crippen LogP contribution in [-0.2, 0) is 13.0 Å². The van der Waals surface area contributed by atoms with Gasteiger partial charge in [0.05, 0.1) is 6.10 Å². The molecule has 3 heteroatoms. The van der Waals surface area contributed by atoms with Crippen LogP contribution >= 0.6 is 0 Å². The number of hydrazine groups is 1. The van der Waals surface area contributed by atoms with E-state index in [4.69, 9.17) is 0 Å². The standard InChI is InChI=1S/C13H18N2O/c16-13-6-8-15(10-13)14-7-5-11-3-1-2-4-12(11)9-14/h1-4,13,16H,5-10H2. The zero-order chi connectivity index (χ0) is 11.0. The predicted octanol–water partition coefficient (Wildman–Crippen LogP) is 1.03. The van der Waals surface area contributed by atoms with Gasteiger partial charge in [0, 0.05) is 26.2 Å². The highest BCUT2D eigenvalue weighted by molar-refractivity contribution is 5.28. The van der Waals surface area contributed by atoms with Gasteiger partial charge in [0.2, 0.25) is 0 Å². The number of hydrogen-bond donors (Lipinski definition) is 1. The minimum Gasteiger partial charge on any atom is -0.392 e. The lowest BCUT2D eigenvalue weighted by molar-refractivity contribution is -0.0254. The van der Waals surface area contributed by atoms with Crippen molar-refractivity contribution in [3.8, 4) is 0 Å². The van der Waals surface area contributed by atoms with Gasteiger partial charge in [-0.2, -0.15) is 0 Å². The van der Waals surface area contributed by atoms with Gasteiger partial charge in [0.1, 0.15) is 0 Å². The first kappa shape index (κ1) is 10.3. The van der Waals surface area contributed by atoms with Crippen LogP contribution in [0, 0.1) is 0 Å². The molecule has 0 amide bonds. The summed E-state index contributed by atoms with van der Waals surface area (Å²) >= 11 is 0. The van der Waals surface area contributed by atoms with Crippen LogP contribution < -0.4 is 0 Å². The molecule has 0 spiro atoms. The van der Waals surface area contributed by atoms with Crippen molar-refractivity contribution in [2.75, 3.05) is 19.6 Å². The van der Waals surface area contributed by atoms with Crippen LogP contribution in [0.1, 0.15) is 17.5 Å². The quantitative estimate of drug-likeness (QED) is 0.762. The normalized spacial score (nSPS) is 26.9. The molecule has 1 aromatic rings. The molecule has 1 fully saturated rings. The van der Waals surface area contributed by atoms with Gasteiger partial charge in [-0.1, -0.05) is 24.3 Å². The molecule has 2 aliphatic rings. The maximum absolute atomic E-state index is 9.56. The summed E-state index contributed by atoms with van der Waals surface area (Å²) in [6.45, 7) is 3.90. The molecule has 16 heavy (non-hydrogen) atoms. The third-order valence-corrected chi connectivity index (χ3v) is 3.65. The van der Waals surface area contributed by atoms with E-state index in [9.17, 15) is 5.11 Å². The Balaban J connectivity index is 1.73. The fourth-order valence-corrected chi connectivity index (χ4v) is 2.70. The average Bonchev–Trinajstić information content (AvgIpc) is 2.75. The van der Waals surface area contributed by atoms with Gasteiger partial charge in [-0.25, -0.2) is 10.0 Å². The summed E-state index contributed by atoms with van der Waals surface area (Å²) in [5.41, 5.74) is 2.92. The molecule has 86 valence electrons. The van der Waals surface area contributed by atoms with E-state index >= 15 is 0 Å². The predicted molar refractivity (Wildman–Crippen MR) is 62.8 cm³/mol. The Labute approximate surface area is 96.3 Å². The van der Waals surface area contributed by atoms with Crippen molar-refractivity contribution in [3.05, 3.63) is 35.4 Å². The van der Waals surface area contributed by atoms with Crippen molar-refractivity contribution in [3.63, 3.8) is 0 Å². The van der Waals surface area contributed by atoms with Crippen molar-refractivity contribution < 1.29 is 5.11 Å². The molecule has 1 aromatic carbocycles. The highest BCUT2D eigenvalue weighted by Crippen LogP contribution is 2.22. The van der Waals surface area contributed by atoms with Gasteiger partial charge in [0.15, 0.2) is 0 Å². The van der Waals surface area contributed by atoms with Crippen molar-refractivity contribution in [1.82, 2.24) is 10.0 Å². The van der Waals surface area contributed by atoms with E-state index in [1.54, 1.807) is 0 Å². The summed E-state index contributed by atoms with van der Waals surface area (Å²) in [6.07, 6.45) is 1.91. The van der Waals surface area contributed by atoms with Crippen LogP contribution in [0.4, 0.5) is 0 Å². The third-order valence-electron chi connectivity index (χ3n) is 3.65. The lowest BCUT2D eigenvalue weighted by atomic mass is 10.0. The van der Waals surface area contributed by atoms with E-state index in [1.807, 2.05) is 0 Å². The maximum atomic E-state index is 9.56. The van der Waals surface area contributed by atoms with Gasteiger partial charge in [-0.05, 0) is 24.0 Å². The number of aliphatic hydroxyl groups is 1. The zero-order valence-electron chi connectivity index (χ0n) is 9.47. The van der Waals surface area contributed by atoms with Crippen molar-refractivity contribution >= 4 is 0 Å². The molecule has 1 N–H and O–H groups in total. The summed E-state index contributed by atoms with van der Waals surface area (Å²) in [5.74, 6) is 0. The second-order valence-corrected chi connectivity index (χ2v) is 4.76. The number of aliphatic hydroxyl groups excluding tert-OH is 1. The fraction of sp³-hybridized carbons (Fsp3) is 0.538. The Morgan fingerprint density at radius 1 is 1.06 bits per heavy atom. The number of β-amino-alcohol motifs (C(OH)–C–C–N with tert-alkyl or cyclic N) is 1. The molecule has 2 heterocycles. The smallest absolute Gasteiger partial charge is 0.0694 e. The van der Waals surface area contributed by atoms with E-state index in [-0.39, 0.29) is 6.10 Å². The van der Waals surface area contributed by atoms with E-state index in [0.717, 1.165) is 39.0 Å². The van der Waals surface area contributed by atoms with Crippen molar-refractivity contribution in [2.45, 2.75) is 25.5 Å². The molecular formula is C13H18N2O. The summed E-state index contributed by atoms with van der Waals surface area (Å²) in [4.78, 5) is 0. The Bertz CT molecular complexity index is 380. The Kier molecular flexibility index (Phi) is 2.67. The second-order valence-electron chi connectivity index (χ2n) is 4.76. The van der Waals surface area contributed by atoms with Gasteiger partial charge >= 0.3 is 0 Å². The van der Waals surface area contributed by atoms with E-state index < -0.39 is 0 Å². The Hall–Kier alpha value is -0.900. The van der Waals surface area contributed by atoms with Crippen LogP contribution in [0.25, 0.3) is 0 Å². The summed E-state index contributed by atoms with van der Waals surface area (Å²) in [5, 5.41) is 14.3. The fourth-order valence-electron chi connectivity index (χ4n) is 2.70. The second kappa shape index (κ2) is 4.17. The van der Waals surface area contributed by atoms with E-state index in [1.165, 1.54) is 11.1 Å². The monoisotopic (exact) mass is 218 g/mol. The minimum atomic E-state index is -0.128. The number of benzene rings is 1. The first-order valence-electron chi connectivity index (χ1n) is 6.07. The first-order valence-corrected chi connectivity index (χ1v) is 6.07. The number of hydrogen-bond acceptors (Lipinski definition) is 3. The number of nitrogens with zero attached hydrogens (tertiary/aromatic N) is 2. The highest BCUT2D eigenvalue weighted by Gasteiger charge is 2.27. The number of rotatable bonds is 1. The Morgan fingerprint density at radius 3 is 2.62 bits per heavy atom. The maximum Gasteiger partial charge on any atom is 0.0694 e. The van der Waals surface area contributed by atoms with Crippen LogP contribution in [0.2, 0.25) is 0 Å². The van der Waals surface area contributed by atoms with Crippen molar-refractivity contribution in [1.29, 1.82) is 0 Å².